The van der Waals surface area contributed by atoms with Gasteiger partial charge in [0.2, 0.25) is 0 Å². The van der Waals surface area contributed by atoms with E-state index in [-0.39, 0.29) is 0 Å². The van der Waals surface area contributed by atoms with E-state index in [1.807, 2.05) is 48.5 Å². The average Bonchev–Trinajstić information content (AvgIpc) is 2.73. The van der Waals surface area contributed by atoms with E-state index in [0.717, 1.165) is 69.4 Å². The number of benzene rings is 2. The molecule has 2 N–H and O–H groups in total. The van der Waals surface area contributed by atoms with E-state index in [0.29, 0.717) is 0 Å². The third kappa shape index (κ3) is 4.93. The number of halogens is 2. The number of nitrogens with zero attached hydrogens (tertiary/aromatic N) is 3. The Kier molecular flexibility index (Phi) is 6.53. The molecule has 5 nitrogen and oxygen atoms in total. The van der Waals surface area contributed by atoms with Crippen LogP contribution in [0.1, 0.15) is 0 Å². The molecule has 2 aromatic carbocycles. The van der Waals surface area contributed by atoms with Crippen LogP contribution in [0.2, 0.25) is 10.0 Å². The fraction of sp³-hybridized carbons (Fsp3) is 0.217. The van der Waals surface area contributed by atoms with Crippen molar-refractivity contribution in [1.82, 2.24) is 14.9 Å². The Bertz CT molecular complexity index is 1070. The van der Waals surface area contributed by atoms with Gasteiger partial charge in [-0.3, -0.25) is 0 Å². The van der Waals surface area contributed by atoms with E-state index in [1.54, 1.807) is 12.4 Å². The van der Waals surface area contributed by atoms with Crippen molar-refractivity contribution in [3.05, 3.63) is 71.0 Å². The second kappa shape index (κ2) is 9.47. The molecule has 0 aliphatic carbocycles. The average molecular weight is 440 g/mol. The van der Waals surface area contributed by atoms with Gasteiger partial charge >= 0.3 is 0 Å². The van der Waals surface area contributed by atoms with Gasteiger partial charge in [-0.15, -0.1) is 0 Å². The van der Waals surface area contributed by atoms with E-state index >= 15 is 0 Å². The van der Waals surface area contributed by atoms with Crippen molar-refractivity contribution in [3.63, 3.8) is 0 Å². The molecule has 0 bridgehead atoms. The zero-order chi connectivity index (χ0) is 20.9. The maximum absolute atomic E-state index is 6.09. The smallest absolute Gasteiger partial charge is 0.133 e. The third-order valence-corrected chi connectivity index (χ3v) is 5.50. The standard InChI is InChI=1S/C23H23Cl2N5/c1-30(12-10-28-22-20-4-2-18(24)14-16(20)6-8-26-22)13-11-29-23-21-5-3-19(25)15-17(21)7-9-27-23/h2-9,14-15H,10-13H2,1H3,(H,26,28)(H,27,29). The summed E-state index contributed by atoms with van der Waals surface area (Å²) >= 11 is 12.2. The molecule has 4 aromatic rings. The van der Waals surface area contributed by atoms with Gasteiger partial charge in [-0.25, -0.2) is 9.97 Å². The summed E-state index contributed by atoms with van der Waals surface area (Å²) in [6.07, 6.45) is 3.61. The molecular weight excluding hydrogens is 417 g/mol. The summed E-state index contributed by atoms with van der Waals surface area (Å²) in [6.45, 7) is 3.39. The van der Waals surface area contributed by atoms with Gasteiger partial charge in [0.1, 0.15) is 11.6 Å². The Labute approximate surface area is 186 Å². The SMILES string of the molecule is CN(CCNc1nccc2cc(Cl)ccc12)CCNc1nccc2cc(Cl)ccc12. The van der Waals surface area contributed by atoms with E-state index in [9.17, 15) is 0 Å². The molecule has 0 aliphatic heterocycles. The molecule has 0 aliphatic rings. The molecule has 0 radical (unpaired) electrons. The highest BCUT2D eigenvalue weighted by molar-refractivity contribution is 6.31. The largest absolute Gasteiger partial charge is 0.368 e. The Morgan fingerprint density at radius 1 is 0.733 bits per heavy atom. The fourth-order valence-electron chi connectivity index (χ4n) is 3.42. The molecule has 0 spiro atoms. The van der Waals surface area contributed by atoms with Gasteiger partial charge in [-0.05, 0) is 66.4 Å². The van der Waals surface area contributed by atoms with Gasteiger partial charge in [0.15, 0.2) is 0 Å². The molecular formula is C23H23Cl2N5. The number of aromatic nitrogens is 2. The normalized spacial score (nSPS) is 11.3. The monoisotopic (exact) mass is 439 g/mol. The lowest BCUT2D eigenvalue weighted by Gasteiger charge is -2.18. The Hall–Kier alpha value is -2.60. The second-order valence-corrected chi connectivity index (χ2v) is 8.08. The van der Waals surface area contributed by atoms with Crippen molar-refractivity contribution < 1.29 is 0 Å². The van der Waals surface area contributed by atoms with Crippen LogP contribution in [0, 0.1) is 0 Å². The molecule has 0 unspecified atom stereocenters. The first-order valence-corrected chi connectivity index (χ1v) is 10.6. The quantitative estimate of drug-likeness (QED) is 0.377. The van der Waals surface area contributed by atoms with Gasteiger partial charge in [0.05, 0.1) is 0 Å². The van der Waals surface area contributed by atoms with E-state index in [4.69, 9.17) is 23.2 Å². The maximum atomic E-state index is 6.09. The number of hydrogen-bond donors (Lipinski definition) is 2. The van der Waals surface area contributed by atoms with Crippen LogP contribution in [0.4, 0.5) is 11.6 Å². The number of pyridine rings is 2. The Balaban J connectivity index is 1.28. The highest BCUT2D eigenvalue weighted by Gasteiger charge is 2.05. The first-order chi connectivity index (χ1) is 14.6. The molecule has 2 aromatic heterocycles. The summed E-state index contributed by atoms with van der Waals surface area (Å²) < 4.78 is 0. The molecule has 0 saturated heterocycles. The van der Waals surface area contributed by atoms with Crippen LogP contribution in [-0.2, 0) is 0 Å². The molecule has 4 rings (SSSR count). The molecule has 154 valence electrons. The Morgan fingerprint density at radius 2 is 1.20 bits per heavy atom. The van der Waals surface area contributed by atoms with Crippen LogP contribution in [0.25, 0.3) is 21.5 Å². The number of fused-ring (bicyclic) bond motifs is 2. The predicted octanol–water partition coefficient (Wildman–Crippen LogP) is 5.55. The number of hydrogen-bond acceptors (Lipinski definition) is 5. The lowest BCUT2D eigenvalue weighted by molar-refractivity contribution is 0.360. The van der Waals surface area contributed by atoms with Gasteiger partial charge in [-0.1, -0.05) is 23.2 Å². The highest BCUT2D eigenvalue weighted by Crippen LogP contribution is 2.25. The van der Waals surface area contributed by atoms with E-state index in [1.165, 1.54) is 0 Å². The zero-order valence-electron chi connectivity index (χ0n) is 16.7. The second-order valence-electron chi connectivity index (χ2n) is 7.21. The fourth-order valence-corrected chi connectivity index (χ4v) is 3.78. The molecule has 2 heterocycles. The minimum absolute atomic E-state index is 0.732. The van der Waals surface area contributed by atoms with Crippen LogP contribution in [-0.4, -0.2) is 48.1 Å². The van der Waals surface area contributed by atoms with Gasteiger partial charge in [0.25, 0.3) is 0 Å². The van der Waals surface area contributed by atoms with Crippen LogP contribution in [0.3, 0.4) is 0 Å². The first-order valence-electron chi connectivity index (χ1n) is 9.85. The van der Waals surface area contributed by atoms with Crippen molar-refractivity contribution in [2.75, 3.05) is 43.9 Å². The van der Waals surface area contributed by atoms with Crippen molar-refractivity contribution in [2.45, 2.75) is 0 Å². The van der Waals surface area contributed by atoms with Crippen molar-refractivity contribution in [1.29, 1.82) is 0 Å². The van der Waals surface area contributed by atoms with Crippen molar-refractivity contribution in [2.24, 2.45) is 0 Å². The lowest BCUT2D eigenvalue weighted by Crippen LogP contribution is -2.30. The van der Waals surface area contributed by atoms with Crippen molar-refractivity contribution in [3.8, 4) is 0 Å². The summed E-state index contributed by atoms with van der Waals surface area (Å²) in [5.41, 5.74) is 0. The van der Waals surface area contributed by atoms with Crippen LogP contribution in [0.15, 0.2) is 60.9 Å². The lowest BCUT2D eigenvalue weighted by atomic mass is 10.1. The number of nitrogens with one attached hydrogen (secondary N) is 2. The number of likely N-dealkylation sites (N-methyl/N-ethyl adjacent to an activating group) is 1. The third-order valence-electron chi connectivity index (χ3n) is 5.02. The van der Waals surface area contributed by atoms with Crippen LogP contribution < -0.4 is 10.6 Å². The topological polar surface area (TPSA) is 53.1 Å². The first kappa shape index (κ1) is 20.7. The summed E-state index contributed by atoms with van der Waals surface area (Å²) in [5.74, 6) is 1.77. The molecule has 30 heavy (non-hydrogen) atoms. The molecule has 0 saturated carbocycles. The highest BCUT2D eigenvalue weighted by atomic mass is 35.5. The van der Waals surface area contributed by atoms with Crippen molar-refractivity contribution >= 4 is 56.4 Å². The molecule has 0 amide bonds. The predicted molar refractivity (Wildman–Crippen MR) is 128 cm³/mol. The Morgan fingerprint density at radius 3 is 1.67 bits per heavy atom. The molecule has 0 fully saturated rings. The number of rotatable bonds is 8. The van der Waals surface area contributed by atoms with Gasteiger partial charge < -0.3 is 15.5 Å². The van der Waals surface area contributed by atoms with E-state index in [2.05, 4.69) is 32.5 Å². The molecule has 7 heteroatoms. The summed E-state index contributed by atoms with van der Waals surface area (Å²) in [7, 11) is 2.11. The minimum atomic E-state index is 0.732. The van der Waals surface area contributed by atoms with Gasteiger partial charge in [-0.2, -0.15) is 0 Å². The summed E-state index contributed by atoms with van der Waals surface area (Å²) in [5, 5.41) is 12.7. The summed E-state index contributed by atoms with van der Waals surface area (Å²) in [4.78, 5) is 11.2. The van der Waals surface area contributed by atoms with Crippen LogP contribution in [0.5, 0.6) is 0 Å². The zero-order valence-corrected chi connectivity index (χ0v) is 18.2. The summed E-state index contributed by atoms with van der Waals surface area (Å²) in [6, 6.07) is 15.6. The molecule has 0 atom stereocenters. The van der Waals surface area contributed by atoms with E-state index < -0.39 is 0 Å². The van der Waals surface area contributed by atoms with Gasteiger partial charge in [0, 0.05) is 59.4 Å². The number of anilines is 2. The maximum Gasteiger partial charge on any atom is 0.133 e. The van der Waals surface area contributed by atoms with Crippen LogP contribution >= 0.6 is 23.2 Å². The minimum Gasteiger partial charge on any atom is -0.368 e.